The summed E-state index contributed by atoms with van der Waals surface area (Å²) in [5.41, 5.74) is 6.48. The first-order valence-corrected chi connectivity index (χ1v) is 12.7. The van der Waals surface area contributed by atoms with Crippen molar-refractivity contribution < 1.29 is 9.90 Å². The van der Waals surface area contributed by atoms with Gasteiger partial charge in [0.05, 0.1) is 5.41 Å². The highest BCUT2D eigenvalue weighted by Crippen LogP contribution is 2.50. The lowest BCUT2D eigenvalue weighted by atomic mass is 9.90. The summed E-state index contributed by atoms with van der Waals surface area (Å²) in [6, 6.07) is 4.69. The molecule has 0 atom stereocenters. The summed E-state index contributed by atoms with van der Waals surface area (Å²) in [7, 11) is 0. The Hall–Kier alpha value is -1.31. The quantitative estimate of drug-likeness (QED) is 0.297. The van der Waals surface area contributed by atoms with Crippen molar-refractivity contribution in [1.29, 1.82) is 0 Å². The van der Waals surface area contributed by atoms with Crippen molar-refractivity contribution in [3.8, 4) is 0 Å². The van der Waals surface area contributed by atoms with Crippen molar-refractivity contribution in [2.75, 3.05) is 0 Å². The fourth-order valence-electron chi connectivity index (χ4n) is 5.04. The van der Waals surface area contributed by atoms with E-state index < -0.39 is 5.97 Å². The molecule has 2 nitrogen and oxygen atoms in total. The number of carbonyl (C=O) groups is 1. The topological polar surface area (TPSA) is 37.3 Å². The van der Waals surface area contributed by atoms with Crippen molar-refractivity contribution >= 4 is 5.97 Å². The van der Waals surface area contributed by atoms with Crippen LogP contribution in [0, 0.1) is 24.7 Å². The van der Waals surface area contributed by atoms with Crippen LogP contribution < -0.4 is 0 Å². The molecule has 0 amide bonds. The van der Waals surface area contributed by atoms with Gasteiger partial charge in [-0.05, 0) is 106 Å². The molecule has 1 N–H and O–H groups in total. The Morgan fingerprint density at radius 3 is 2.03 bits per heavy atom. The molecule has 2 aliphatic carbocycles. The molecule has 1 aromatic carbocycles. The van der Waals surface area contributed by atoms with Gasteiger partial charge in [-0.1, -0.05) is 57.6 Å². The standard InChI is InChI=1S/C28H44O2/c1-22-14-15-24(12-8-4-6-10-16-27(3)18-19-27)25(23(22)2)13-9-5-7-11-17-28(20-21-28)26(29)30/h14-15H,4-13,16-21H2,1-3H3,(H,29,30). The Morgan fingerprint density at radius 1 is 0.833 bits per heavy atom. The molecular formula is C28H44O2. The summed E-state index contributed by atoms with van der Waals surface area (Å²) in [5.74, 6) is -0.565. The SMILES string of the molecule is Cc1ccc(CCCCCCC2(C)CC2)c(CCCCCCC2(C(=O)O)CC2)c1C. The van der Waals surface area contributed by atoms with Crippen LogP contribution >= 0.6 is 0 Å². The maximum Gasteiger partial charge on any atom is 0.309 e. The summed E-state index contributed by atoms with van der Waals surface area (Å²) in [5, 5.41) is 9.30. The van der Waals surface area contributed by atoms with E-state index in [0.29, 0.717) is 5.41 Å². The molecule has 168 valence electrons. The molecule has 0 aromatic heterocycles. The molecule has 0 bridgehead atoms. The smallest absolute Gasteiger partial charge is 0.309 e. The van der Waals surface area contributed by atoms with Gasteiger partial charge in [0.1, 0.15) is 0 Å². The van der Waals surface area contributed by atoms with Crippen LogP contribution in [-0.2, 0) is 17.6 Å². The van der Waals surface area contributed by atoms with E-state index in [1.54, 1.807) is 11.1 Å². The number of benzene rings is 1. The number of hydrogen-bond donors (Lipinski definition) is 1. The zero-order chi connectivity index (χ0) is 21.6. The van der Waals surface area contributed by atoms with Gasteiger partial charge in [0.15, 0.2) is 0 Å². The van der Waals surface area contributed by atoms with Gasteiger partial charge in [0, 0.05) is 0 Å². The Labute approximate surface area is 184 Å². The summed E-state index contributed by atoms with van der Waals surface area (Å²) in [4.78, 5) is 11.3. The van der Waals surface area contributed by atoms with Crippen LogP contribution in [0.2, 0.25) is 0 Å². The van der Waals surface area contributed by atoms with Crippen LogP contribution in [0.3, 0.4) is 0 Å². The van der Waals surface area contributed by atoms with Gasteiger partial charge >= 0.3 is 5.97 Å². The summed E-state index contributed by atoms with van der Waals surface area (Å²) >= 11 is 0. The number of rotatable bonds is 15. The van der Waals surface area contributed by atoms with Crippen LogP contribution in [-0.4, -0.2) is 11.1 Å². The molecule has 2 saturated carbocycles. The molecule has 0 aliphatic heterocycles. The van der Waals surface area contributed by atoms with Gasteiger partial charge in [-0.25, -0.2) is 0 Å². The Balaban J connectivity index is 1.36. The molecule has 0 spiro atoms. The molecule has 0 heterocycles. The first-order valence-electron chi connectivity index (χ1n) is 12.7. The maximum absolute atomic E-state index is 11.3. The Bertz CT molecular complexity index is 710. The van der Waals surface area contributed by atoms with E-state index >= 15 is 0 Å². The second-order valence-electron chi connectivity index (χ2n) is 10.9. The van der Waals surface area contributed by atoms with Crippen LogP contribution in [0.1, 0.15) is 119 Å². The second-order valence-corrected chi connectivity index (χ2v) is 10.9. The highest BCUT2D eigenvalue weighted by atomic mass is 16.4. The van der Waals surface area contributed by atoms with Gasteiger partial charge in [-0.2, -0.15) is 0 Å². The number of aryl methyl sites for hydroxylation is 2. The number of unbranched alkanes of at least 4 members (excludes halogenated alkanes) is 6. The number of carboxylic acids is 1. The summed E-state index contributed by atoms with van der Waals surface area (Å²) < 4.78 is 0. The zero-order valence-corrected chi connectivity index (χ0v) is 19.8. The van der Waals surface area contributed by atoms with Gasteiger partial charge in [0.2, 0.25) is 0 Å². The van der Waals surface area contributed by atoms with Crippen LogP contribution in [0.4, 0.5) is 0 Å². The lowest BCUT2D eigenvalue weighted by molar-refractivity contribution is -0.143. The molecular weight excluding hydrogens is 368 g/mol. The minimum absolute atomic E-state index is 0.337. The zero-order valence-electron chi connectivity index (χ0n) is 19.8. The minimum atomic E-state index is -0.565. The first-order chi connectivity index (χ1) is 14.4. The fourth-order valence-corrected chi connectivity index (χ4v) is 5.04. The van der Waals surface area contributed by atoms with E-state index in [2.05, 4.69) is 32.9 Å². The highest BCUT2D eigenvalue weighted by molar-refractivity contribution is 5.77. The third kappa shape index (κ3) is 6.59. The number of carboxylic acid groups (broad SMARTS) is 1. The number of aliphatic carboxylic acids is 1. The van der Waals surface area contributed by atoms with Crippen molar-refractivity contribution in [2.45, 2.75) is 124 Å². The molecule has 30 heavy (non-hydrogen) atoms. The minimum Gasteiger partial charge on any atom is -0.481 e. The third-order valence-electron chi connectivity index (χ3n) is 8.19. The average molecular weight is 413 g/mol. The van der Waals surface area contributed by atoms with Crippen LogP contribution in [0.25, 0.3) is 0 Å². The predicted molar refractivity (Wildman–Crippen MR) is 126 cm³/mol. The van der Waals surface area contributed by atoms with Gasteiger partial charge < -0.3 is 5.11 Å². The van der Waals surface area contributed by atoms with E-state index in [1.807, 2.05) is 0 Å². The van der Waals surface area contributed by atoms with E-state index in [1.165, 1.54) is 88.2 Å². The first kappa shape index (κ1) is 23.4. The lowest BCUT2D eigenvalue weighted by Crippen LogP contribution is -2.14. The summed E-state index contributed by atoms with van der Waals surface area (Å²) in [6.07, 6.45) is 19.7. The van der Waals surface area contributed by atoms with E-state index in [0.717, 1.165) is 25.7 Å². The second kappa shape index (κ2) is 10.3. The van der Waals surface area contributed by atoms with E-state index in [9.17, 15) is 9.90 Å². The largest absolute Gasteiger partial charge is 0.481 e. The summed E-state index contributed by atoms with van der Waals surface area (Å²) in [6.45, 7) is 6.99. The molecule has 1 aromatic rings. The van der Waals surface area contributed by atoms with Crippen molar-refractivity contribution in [2.24, 2.45) is 10.8 Å². The third-order valence-corrected chi connectivity index (χ3v) is 8.19. The molecule has 0 radical (unpaired) electrons. The van der Waals surface area contributed by atoms with E-state index in [4.69, 9.17) is 0 Å². The number of hydrogen-bond acceptors (Lipinski definition) is 1. The molecule has 0 unspecified atom stereocenters. The van der Waals surface area contributed by atoms with E-state index in [-0.39, 0.29) is 5.41 Å². The lowest BCUT2D eigenvalue weighted by Gasteiger charge is -2.16. The van der Waals surface area contributed by atoms with Gasteiger partial charge in [-0.15, -0.1) is 0 Å². The molecule has 2 heteroatoms. The van der Waals surface area contributed by atoms with Crippen LogP contribution in [0.15, 0.2) is 12.1 Å². The molecule has 0 saturated heterocycles. The van der Waals surface area contributed by atoms with Crippen molar-refractivity contribution in [3.05, 3.63) is 34.4 Å². The Morgan fingerprint density at radius 2 is 1.43 bits per heavy atom. The van der Waals surface area contributed by atoms with Gasteiger partial charge in [0.25, 0.3) is 0 Å². The maximum atomic E-state index is 11.3. The average Bonchev–Trinajstić information content (AvgIpc) is 3.63. The van der Waals surface area contributed by atoms with Crippen molar-refractivity contribution in [3.63, 3.8) is 0 Å². The molecule has 2 aliphatic rings. The Kier molecular flexibility index (Phi) is 8.04. The molecule has 2 fully saturated rings. The highest BCUT2D eigenvalue weighted by Gasteiger charge is 2.49. The monoisotopic (exact) mass is 412 g/mol. The predicted octanol–water partition coefficient (Wildman–Crippen LogP) is 7.95. The van der Waals surface area contributed by atoms with Crippen LogP contribution in [0.5, 0.6) is 0 Å². The van der Waals surface area contributed by atoms with Gasteiger partial charge in [-0.3, -0.25) is 4.79 Å². The normalized spacial score (nSPS) is 18.4. The van der Waals surface area contributed by atoms with Crippen molar-refractivity contribution in [1.82, 2.24) is 0 Å². The fraction of sp³-hybridized carbons (Fsp3) is 0.750. The molecule has 3 rings (SSSR count).